The van der Waals surface area contributed by atoms with Gasteiger partial charge in [0, 0.05) is 31.5 Å². The van der Waals surface area contributed by atoms with Gasteiger partial charge in [0.1, 0.15) is 5.69 Å². The fourth-order valence-electron chi connectivity index (χ4n) is 2.32. The molecule has 1 aliphatic heterocycles. The molecule has 0 radical (unpaired) electrons. The van der Waals surface area contributed by atoms with Gasteiger partial charge in [-0.3, -0.25) is 15.0 Å². The highest BCUT2D eigenvalue weighted by molar-refractivity contribution is 7.99. The molecule has 1 N–H and O–H groups in total. The van der Waals surface area contributed by atoms with Crippen molar-refractivity contribution in [2.75, 3.05) is 30.9 Å². The molecule has 1 saturated heterocycles. The summed E-state index contributed by atoms with van der Waals surface area (Å²) in [6.07, 6.45) is 1.21. The largest absolute Gasteiger partial charge is 0.383 e. The Morgan fingerprint density at radius 3 is 2.95 bits per heavy atom. The maximum atomic E-state index is 11.0. The number of nitrogens with one attached hydrogen (secondary N) is 1. The number of rotatable bonds is 5. The Morgan fingerprint density at radius 2 is 2.37 bits per heavy atom. The molecule has 2 rings (SSSR count). The van der Waals surface area contributed by atoms with Crippen LogP contribution in [-0.4, -0.2) is 41.5 Å². The van der Waals surface area contributed by atoms with Gasteiger partial charge in [-0.1, -0.05) is 6.07 Å². The van der Waals surface area contributed by atoms with Gasteiger partial charge in [0.05, 0.1) is 4.92 Å². The smallest absolute Gasteiger partial charge is 0.292 e. The van der Waals surface area contributed by atoms with Crippen LogP contribution < -0.4 is 5.32 Å². The minimum absolute atomic E-state index is 0.147. The highest BCUT2D eigenvalue weighted by Crippen LogP contribution is 2.27. The summed E-state index contributed by atoms with van der Waals surface area (Å²) < 4.78 is 0. The van der Waals surface area contributed by atoms with Gasteiger partial charge in [-0.2, -0.15) is 11.8 Å². The van der Waals surface area contributed by atoms with Crippen molar-refractivity contribution in [3.8, 4) is 0 Å². The van der Waals surface area contributed by atoms with Crippen molar-refractivity contribution >= 4 is 23.1 Å². The van der Waals surface area contributed by atoms with E-state index in [1.165, 1.54) is 12.2 Å². The third-order valence-corrected chi connectivity index (χ3v) is 4.63. The number of thioether (sulfide) groups is 1. The molecule has 0 aromatic heterocycles. The molecule has 1 aromatic carbocycles. The normalized spacial score (nSPS) is 18.8. The van der Waals surface area contributed by atoms with Gasteiger partial charge in [0.2, 0.25) is 0 Å². The predicted octanol–water partition coefficient (Wildman–Crippen LogP) is 2.57. The Bertz CT molecular complexity index is 461. The van der Waals surface area contributed by atoms with Gasteiger partial charge in [-0.15, -0.1) is 0 Å². The average Bonchev–Trinajstić information content (AvgIpc) is 2.92. The predicted molar refractivity (Wildman–Crippen MR) is 79.8 cm³/mol. The Balaban J connectivity index is 2.11. The first-order valence-electron chi connectivity index (χ1n) is 6.35. The Morgan fingerprint density at radius 1 is 1.58 bits per heavy atom. The van der Waals surface area contributed by atoms with Gasteiger partial charge in [0.25, 0.3) is 5.69 Å². The highest BCUT2D eigenvalue weighted by Gasteiger charge is 2.21. The Hall–Kier alpha value is -1.27. The lowest BCUT2D eigenvalue weighted by molar-refractivity contribution is -0.384. The molecule has 1 fully saturated rings. The molecule has 1 heterocycles. The first kappa shape index (κ1) is 14.1. The first-order chi connectivity index (χ1) is 9.11. The number of hydrogen-bond acceptors (Lipinski definition) is 5. The quantitative estimate of drug-likeness (QED) is 0.664. The van der Waals surface area contributed by atoms with Crippen molar-refractivity contribution in [3.05, 3.63) is 33.9 Å². The van der Waals surface area contributed by atoms with Crippen molar-refractivity contribution in [1.29, 1.82) is 0 Å². The summed E-state index contributed by atoms with van der Waals surface area (Å²) in [4.78, 5) is 13.0. The molecule has 0 aliphatic carbocycles. The number of nitrogens with zero attached hydrogens (tertiary/aromatic N) is 2. The average molecular weight is 281 g/mol. The molecule has 0 amide bonds. The lowest BCUT2D eigenvalue weighted by atomic mass is 10.1. The lowest BCUT2D eigenvalue weighted by Crippen LogP contribution is -2.30. The topological polar surface area (TPSA) is 58.4 Å². The van der Waals surface area contributed by atoms with Crippen LogP contribution in [0.2, 0.25) is 0 Å². The number of benzene rings is 1. The summed E-state index contributed by atoms with van der Waals surface area (Å²) in [5, 5.41) is 13.9. The number of nitro groups is 1. The SMILES string of the molecule is CNc1ccc(CN(C)C2CCSC2)cc1[N+](=O)[O-]. The van der Waals surface area contributed by atoms with Crippen molar-refractivity contribution in [2.45, 2.75) is 19.0 Å². The zero-order chi connectivity index (χ0) is 13.8. The number of hydrogen-bond donors (Lipinski definition) is 1. The second-order valence-electron chi connectivity index (χ2n) is 4.79. The molecular formula is C13H19N3O2S. The summed E-state index contributed by atoms with van der Waals surface area (Å²) >= 11 is 1.98. The van der Waals surface area contributed by atoms with Gasteiger partial charge in [0.15, 0.2) is 0 Å². The molecule has 1 atom stereocenters. The third kappa shape index (κ3) is 3.39. The van der Waals surface area contributed by atoms with Crippen molar-refractivity contribution in [2.24, 2.45) is 0 Å². The second kappa shape index (κ2) is 6.25. The maximum Gasteiger partial charge on any atom is 0.292 e. The van der Waals surface area contributed by atoms with Crippen molar-refractivity contribution in [3.63, 3.8) is 0 Å². The summed E-state index contributed by atoms with van der Waals surface area (Å²) in [6, 6.07) is 6.00. The van der Waals surface area contributed by atoms with Crippen LogP contribution in [0.5, 0.6) is 0 Å². The molecule has 19 heavy (non-hydrogen) atoms. The van der Waals surface area contributed by atoms with Gasteiger partial charge in [-0.25, -0.2) is 0 Å². The van der Waals surface area contributed by atoms with E-state index in [4.69, 9.17) is 0 Å². The molecule has 6 heteroatoms. The van der Waals surface area contributed by atoms with E-state index >= 15 is 0 Å². The van der Waals surface area contributed by atoms with Crippen LogP contribution >= 0.6 is 11.8 Å². The first-order valence-corrected chi connectivity index (χ1v) is 7.50. The van der Waals surface area contributed by atoms with E-state index in [2.05, 4.69) is 17.3 Å². The lowest BCUT2D eigenvalue weighted by Gasteiger charge is -2.23. The molecule has 0 bridgehead atoms. The fourth-order valence-corrected chi connectivity index (χ4v) is 3.62. The molecule has 104 valence electrons. The van der Waals surface area contributed by atoms with Crippen LogP contribution in [0.4, 0.5) is 11.4 Å². The minimum Gasteiger partial charge on any atom is -0.383 e. The van der Waals surface area contributed by atoms with E-state index in [-0.39, 0.29) is 10.6 Å². The maximum absolute atomic E-state index is 11.0. The van der Waals surface area contributed by atoms with Gasteiger partial charge >= 0.3 is 0 Å². The molecule has 1 aromatic rings. The summed E-state index contributed by atoms with van der Waals surface area (Å²) in [5.74, 6) is 2.38. The number of anilines is 1. The minimum atomic E-state index is -0.333. The van der Waals surface area contributed by atoms with Crippen LogP contribution in [-0.2, 0) is 6.54 Å². The summed E-state index contributed by atoms with van der Waals surface area (Å²) in [5.41, 5.74) is 1.70. The molecule has 0 saturated carbocycles. The Kier molecular flexibility index (Phi) is 4.66. The summed E-state index contributed by atoms with van der Waals surface area (Å²) in [7, 11) is 3.79. The standard InChI is InChI=1S/C13H19N3O2S/c1-14-12-4-3-10(7-13(12)16(17)18)8-15(2)11-5-6-19-9-11/h3-4,7,11,14H,5-6,8-9H2,1-2H3. The van der Waals surface area contributed by atoms with Gasteiger partial charge < -0.3 is 5.32 Å². The van der Waals surface area contributed by atoms with Crippen LogP contribution in [0.15, 0.2) is 18.2 Å². The molecule has 5 nitrogen and oxygen atoms in total. The Labute approximate surface area is 117 Å². The van der Waals surface area contributed by atoms with Crippen molar-refractivity contribution < 1.29 is 4.92 Å². The van der Waals surface area contributed by atoms with E-state index in [1.54, 1.807) is 19.2 Å². The third-order valence-electron chi connectivity index (χ3n) is 3.49. The zero-order valence-corrected chi connectivity index (χ0v) is 12.1. The molecule has 1 aliphatic rings. The van der Waals surface area contributed by atoms with E-state index < -0.39 is 0 Å². The highest BCUT2D eigenvalue weighted by atomic mass is 32.2. The second-order valence-corrected chi connectivity index (χ2v) is 5.94. The van der Waals surface area contributed by atoms with E-state index in [0.717, 1.165) is 17.9 Å². The number of nitro benzene ring substituents is 1. The van der Waals surface area contributed by atoms with E-state index in [0.29, 0.717) is 11.7 Å². The van der Waals surface area contributed by atoms with Gasteiger partial charge in [-0.05, 0) is 30.9 Å². The molecular weight excluding hydrogens is 262 g/mol. The molecule has 0 spiro atoms. The monoisotopic (exact) mass is 281 g/mol. The molecule has 1 unspecified atom stereocenters. The van der Waals surface area contributed by atoms with Crippen LogP contribution in [0.25, 0.3) is 0 Å². The van der Waals surface area contributed by atoms with E-state index in [1.807, 2.05) is 17.8 Å². The zero-order valence-electron chi connectivity index (χ0n) is 11.3. The summed E-state index contributed by atoms with van der Waals surface area (Å²) in [6.45, 7) is 0.760. The van der Waals surface area contributed by atoms with Crippen molar-refractivity contribution in [1.82, 2.24) is 4.90 Å². The van der Waals surface area contributed by atoms with E-state index in [9.17, 15) is 10.1 Å². The van der Waals surface area contributed by atoms with Crippen LogP contribution in [0, 0.1) is 10.1 Å². The van der Waals surface area contributed by atoms with Crippen LogP contribution in [0.3, 0.4) is 0 Å². The fraction of sp³-hybridized carbons (Fsp3) is 0.538. The van der Waals surface area contributed by atoms with Crippen LogP contribution in [0.1, 0.15) is 12.0 Å².